The van der Waals surface area contributed by atoms with Crippen molar-refractivity contribution in [2.75, 3.05) is 112 Å². The summed E-state index contributed by atoms with van der Waals surface area (Å²) in [4.78, 5) is 124. The van der Waals surface area contributed by atoms with Crippen LogP contribution < -0.4 is 42.6 Å². The standard InChI is InChI=1S/C65H92N10O18/c1-8-11-12-23-67-54(76)21-27-86-29-31-88-33-35-90-36-34-89-32-30-87-28-22-55(77)72-56(42(4)5)59(79)71-52(14-13-24-68-62(66)82)58(78)69-44-17-15-43(16-18-44)40-92-63(83)73(6)25-26-74(7)64(84)93-45-19-20-51-47(37-45)46(9-2)48-39-75-53(57(48)70-51)38-50-49(60(75)80)41-91-61(81)65(50,85)10-3/h15-20,37-38,42,52,56,85H,8-14,21-36,39-41H2,1-7H3,(H,67,76)(H,69,78)(H,71,79)(H,72,77)(H3,66,68,82)/t52-,56-,65-/m0/s1. The number of aromatic nitrogens is 2. The first-order chi connectivity index (χ1) is 44.7. The number of primary amides is 1. The Balaban J connectivity index is 0.879. The predicted molar refractivity (Wildman–Crippen MR) is 342 cm³/mol. The quantitative estimate of drug-likeness (QED) is 0.0209. The van der Waals surface area contributed by atoms with Crippen LogP contribution in [0.3, 0.4) is 0 Å². The Morgan fingerprint density at radius 3 is 1.95 bits per heavy atom. The molecular formula is C65H92N10O18. The van der Waals surface area contributed by atoms with Crippen LogP contribution in [-0.4, -0.2) is 191 Å². The van der Waals surface area contributed by atoms with Gasteiger partial charge >= 0.3 is 24.2 Å². The van der Waals surface area contributed by atoms with Gasteiger partial charge in [-0.05, 0) is 85.5 Å². The zero-order chi connectivity index (χ0) is 67.5. The van der Waals surface area contributed by atoms with Crippen LogP contribution >= 0.6 is 0 Å². The summed E-state index contributed by atoms with van der Waals surface area (Å²) in [5.74, 6) is -2.51. The molecule has 0 saturated carbocycles. The van der Waals surface area contributed by atoms with Crippen LogP contribution in [0.25, 0.3) is 22.3 Å². The number of fused-ring (bicyclic) bond motifs is 5. The van der Waals surface area contributed by atoms with Gasteiger partial charge in [0.1, 0.15) is 31.0 Å². The van der Waals surface area contributed by atoms with Crippen molar-refractivity contribution < 1.29 is 81.4 Å². The van der Waals surface area contributed by atoms with Gasteiger partial charge in [0.15, 0.2) is 5.60 Å². The molecule has 0 bridgehead atoms. The van der Waals surface area contributed by atoms with E-state index in [1.165, 1.54) is 23.9 Å². The maximum atomic E-state index is 13.8. The number of carbonyl (C=O) groups is 8. The molecule has 8 amide bonds. The third-order valence-corrected chi connectivity index (χ3v) is 15.7. The number of hydrogen-bond acceptors (Lipinski definition) is 19. The molecule has 4 aromatic rings. The molecule has 2 aliphatic rings. The van der Waals surface area contributed by atoms with E-state index in [1.54, 1.807) is 73.9 Å². The molecule has 0 unspecified atom stereocenters. The van der Waals surface area contributed by atoms with Crippen LogP contribution in [0.1, 0.15) is 114 Å². The van der Waals surface area contributed by atoms with Crippen LogP contribution in [0.5, 0.6) is 5.75 Å². The number of nitrogens with two attached hydrogens (primary N) is 1. The molecule has 28 nitrogen and oxygen atoms in total. The molecule has 2 aromatic carbocycles. The Morgan fingerprint density at radius 1 is 0.731 bits per heavy atom. The monoisotopic (exact) mass is 1300 g/mol. The number of urea groups is 1. The van der Waals surface area contributed by atoms with Crippen molar-refractivity contribution >= 4 is 64.4 Å². The van der Waals surface area contributed by atoms with Gasteiger partial charge in [-0.15, -0.1) is 0 Å². The van der Waals surface area contributed by atoms with Crippen LogP contribution in [0, 0.1) is 5.92 Å². The molecule has 3 atom stereocenters. The lowest BCUT2D eigenvalue weighted by Crippen LogP contribution is -2.54. The molecule has 4 heterocycles. The highest BCUT2D eigenvalue weighted by Crippen LogP contribution is 2.41. The average molecular weight is 1300 g/mol. The van der Waals surface area contributed by atoms with Crippen molar-refractivity contribution in [3.8, 4) is 17.1 Å². The molecule has 28 heteroatoms. The molecule has 8 N–H and O–H groups in total. The summed E-state index contributed by atoms with van der Waals surface area (Å²) in [5, 5.41) is 25.7. The van der Waals surface area contributed by atoms with Gasteiger partial charge in [-0.25, -0.2) is 24.2 Å². The molecular weight excluding hydrogens is 1210 g/mol. The Hall–Kier alpha value is -8.28. The minimum absolute atomic E-state index is 0.0144. The maximum absolute atomic E-state index is 13.8. The zero-order valence-electron chi connectivity index (χ0n) is 54.5. The van der Waals surface area contributed by atoms with Gasteiger partial charge in [0, 0.05) is 75.3 Å². The number of hydrogen-bond donors (Lipinski definition) is 7. The van der Waals surface area contributed by atoms with E-state index in [-0.39, 0.29) is 119 Å². The van der Waals surface area contributed by atoms with E-state index in [1.807, 2.05) is 6.92 Å². The highest BCUT2D eigenvalue weighted by atomic mass is 16.6. The van der Waals surface area contributed by atoms with Gasteiger partial charge < -0.3 is 89.7 Å². The van der Waals surface area contributed by atoms with Crippen LogP contribution in [0.15, 0.2) is 53.3 Å². The van der Waals surface area contributed by atoms with Gasteiger partial charge in [0.05, 0.1) is 95.1 Å². The lowest BCUT2D eigenvalue weighted by molar-refractivity contribution is -0.172. The van der Waals surface area contributed by atoms with E-state index in [9.17, 15) is 48.3 Å². The lowest BCUT2D eigenvalue weighted by Gasteiger charge is -2.31. The number of unbranched alkanes of at least 4 members (excludes halogenated alkanes) is 2. The summed E-state index contributed by atoms with van der Waals surface area (Å²) >= 11 is 0. The summed E-state index contributed by atoms with van der Waals surface area (Å²) < 4.78 is 45.6. The van der Waals surface area contributed by atoms with Gasteiger partial charge in [0.25, 0.3) is 5.56 Å². The number of anilines is 1. The van der Waals surface area contributed by atoms with E-state index in [4.69, 9.17) is 48.6 Å². The highest BCUT2D eigenvalue weighted by Gasteiger charge is 2.45. The minimum Gasteiger partial charge on any atom is -0.458 e. The summed E-state index contributed by atoms with van der Waals surface area (Å²) in [6.07, 6.45) is 3.08. The number of ether oxygens (including phenoxy) is 8. The zero-order valence-corrected chi connectivity index (χ0v) is 54.5. The molecule has 510 valence electrons. The third-order valence-electron chi connectivity index (χ3n) is 15.7. The molecule has 93 heavy (non-hydrogen) atoms. The van der Waals surface area contributed by atoms with E-state index >= 15 is 0 Å². The number of likely N-dealkylation sites (N-methyl/N-ethyl adjacent to an activating group) is 2. The summed E-state index contributed by atoms with van der Waals surface area (Å²) in [5.41, 5.74) is 7.68. The molecule has 0 spiro atoms. The Morgan fingerprint density at radius 2 is 1.34 bits per heavy atom. The first-order valence-electron chi connectivity index (χ1n) is 31.8. The van der Waals surface area contributed by atoms with Crippen molar-refractivity contribution in [3.05, 3.63) is 86.7 Å². The van der Waals surface area contributed by atoms with E-state index < -0.39 is 59.6 Å². The van der Waals surface area contributed by atoms with E-state index in [0.717, 1.165) is 35.8 Å². The molecule has 2 aliphatic heterocycles. The number of pyridine rings is 2. The molecule has 6 rings (SSSR count). The number of nitrogens with zero attached hydrogens (tertiary/aromatic N) is 4. The summed E-state index contributed by atoms with van der Waals surface area (Å²) in [6, 6.07) is 10.4. The Labute approximate surface area is 541 Å². The number of esters is 1. The van der Waals surface area contributed by atoms with Gasteiger partial charge in [0.2, 0.25) is 23.6 Å². The second-order valence-electron chi connectivity index (χ2n) is 22.9. The molecule has 2 aromatic heterocycles. The lowest BCUT2D eigenvalue weighted by atomic mass is 9.86. The summed E-state index contributed by atoms with van der Waals surface area (Å²) in [7, 11) is 3.05. The first-order valence-corrected chi connectivity index (χ1v) is 31.8. The average Bonchev–Trinajstić information content (AvgIpc) is 1.62. The van der Waals surface area contributed by atoms with Crippen molar-refractivity contribution in [2.24, 2.45) is 11.7 Å². The SMILES string of the molecule is CCCCCNC(=O)CCOCCOCCOCCOCCOCCC(=O)N[C@H](C(=O)N[C@@H](CCCNC(N)=O)C(=O)Nc1ccc(COC(=O)N(C)CCN(C)C(=O)Oc2ccc3nc4c(c(CC)c3c2)Cn2c-4cc3c(c2=O)COC(=O)[C@]3(O)CC)cc1)C(C)C. The third kappa shape index (κ3) is 21.9. The van der Waals surface area contributed by atoms with Crippen molar-refractivity contribution in [3.63, 3.8) is 0 Å². The fraction of sp³-hybridized carbons (Fsp3) is 0.569. The van der Waals surface area contributed by atoms with Crippen molar-refractivity contribution in [1.29, 1.82) is 0 Å². The van der Waals surface area contributed by atoms with Crippen LogP contribution in [0.2, 0.25) is 0 Å². The van der Waals surface area contributed by atoms with Gasteiger partial charge in [-0.3, -0.25) is 24.0 Å². The predicted octanol–water partition coefficient (Wildman–Crippen LogP) is 4.52. The number of amides is 8. The Kier molecular flexibility index (Phi) is 29.7. The Bertz CT molecular complexity index is 3250. The van der Waals surface area contributed by atoms with E-state index in [0.29, 0.717) is 93.8 Å². The largest absolute Gasteiger partial charge is 0.458 e. The topological polar surface area (TPSA) is 358 Å². The number of carbonyl (C=O) groups excluding carboxylic acids is 8. The second kappa shape index (κ2) is 37.4. The van der Waals surface area contributed by atoms with E-state index in [2.05, 4.69) is 33.5 Å². The van der Waals surface area contributed by atoms with Crippen molar-refractivity contribution in [1.82, 2.24) is 40.6 Å². The number of nitrogens with one attached hydrogen (secondary N) is 5. The van der Waals surface area contributed by atoms with Gasteiger partial charge in [-0.1, -0.05) is 59.6 Å². The molecule has 0 radical (unpaired) electrons. The first kappa shape index (κ1) is 73.8. The number of rotatable bonds is 40. The summed E-state index contributed by atoms with van der Waals surface area (Å²) in [6.45, 7) is 13.3. The minimum atomic E-state index is -1.95. The fourth-order valence-electron chi connectivity index (χ4n) is 10.3. The maximum Gasteiger partial charge on any atom is 0.415 e. The molecule has 0 fully saturated rings. The normalized spacial score (nSPS) is 14.4. The highest BCUT2D eigenvalue weighted by molar-refractivity contribution is 5.98. The van der Waals surface area contributed by atoms with Crippen LogP contribution in [-0.2, 0) is 88.9 Å². The van der Waals surface area contributed by atoms with Crippen molar-refractivity contribution in [2.45, 2.75) is 130 Å². The fourth-order valence-corrected chi connectivity index (χ4v) is 10.3. The smallest absolute Gasteiger partial charge is 0.415 e. The number of cyclic esters (lactones) is 1. The van der Waals surface area contributed by atoms with Crippen LogP contribution in [0.4, 0.5) is 20.1 Å². The van der Waals surface area contributed by atoms with Gasteiger partial charge in [-0.2, -0.15) is 0 Å². The number of aliphatic hydroxyl groups is 1. The number of benzene rings is 2. The molecule has 0 aliphatic carbocycles. The molecule has 0 saturated heterocycles. The second-order valence-corrected chi connectivity index (χ2v) is 22.9. The number of aryl methyl sites for hydroxylation is 1.